The molecule has 8 heteroatoms. The molecule has 1 saturated heterocycles. The predicted octanol–water partition coefficient (Wildman–Crippen LogP) is 1.78. The van der Waals surface area contributed by atoms with Crippen molar-refractivity contribution in [2.24, 2.45) is 5.10 Å². The Morgan fingerprint density at radius 1 is 1.41 bits per heavy atom. The first-order chi connectivity index (χ1) is 10.6. The molecule has 1 aromatic rings. The quantitative estimate of drug-likeness (QED) is 0.652. The van der Waals surface area contributed by atoms with Crippen molar-refractivity contribution < 1.29 is 14.3 Å². The Morgan fingerprint density at radius 2 is 2.05 bits per heavy atom. The highest BCUT2D eigenvalue weighted by atomic mass is 35.5. The van der Waals surface area contributed by atoms with E-state index < -0.39 is 0 Å². The van der Waals surface area contributed by atoms with E-state index in [0.29, 0.717) is 41.1 Å². The van der Waals surface area contributed by atoms with Gasteiger partial charge in [-0.1, -0.05) is 23.2 Å². The van der Waals surface area contributed by atoms with Gasteiger partial charge in [-0.3, -0.25) is 9.69 Å². The number of ether oxygens (including phenoxy) is 2. The van der Waals surface area contributed by atoms with Gasteiger partial charge >= 0.3 is 0 Å². The van der Waals surface area contributed by atoms with Crippen molar-refractivity contribution in [3.05, 3.63) is 27.7 Å². The Balaban J connectivity index is 1.87. The predicted molar refractivity (Wildman–Crippen MR) is 86.0 cm³/mol. The summed E-state index contributed by atoms with van der Waals surface area (Å²) in [5.74, 6) is 0.237. The molecule has 6 nitrogen and oxygen atoms in total. The second-order valence-corrected chi connectivity index (χ2v) is 5.51. The molecule has 1 heterocycles. The standard InChI is InChI=1S/C14H17Cl2N3O3/c1-21-14-11(15)6-10(7-12(14)16)8-17-18-13(20)9-19-2-4-22-5-3-19/h6-8H,2-5,9H2,1H3,(H,18,20)/b17-8+. The van der Waals surface area contributed by atoms with Crippen LogP contribution in [0.5, 0.6) is 5.75 Å². The first-order valence-corrected chi connectivity index (χ1v) is 7.51. The molecular formula is C14H17Cl2N3O3. The van der Waals surface area contributed by atoms with Gasteiger partial charge in [-0.2, -0.15) is 5.10 Å². The van der Waals surface area contributed by atoms with Crippen LogP contribution in [0, 0.1) is 0 Å². The van der Waals surface area contributed by atoms with Crippen LogP contribution < -0.4 is 10.2 Å². The Labute approximate surface area is 139 Å². The SMILES string of the molecule is COc1c(Cl)cc(/C=N/NC(=O)CN2CCOCC2)cc1Cl. The zero-order chi connectivity index (χ0) is 15.9. The molecule has 0 radical (unpaired) electrons. The number of hydrazone groups is 1. The van der Waals surface area contributed by atoms with Gasteiger partial charge in [-0.15, -0.1) is 0 Å². The summed E-state index contributed by atoms with van der Waals surface area (Å²) in [5, 5.41) is 4.67. The molecule has 0 unspecified atom stereocenters. The molecule has 0 aromatic heterocycles. The van der Waals surface area contributed by atoms with E-state index in [4.69, 9.17) is 32.7 Å². The minimum atomic E-state index is -0.177. The van der Waals surface area contributed by atoms with E-state index in [2.05, 4.69) is 10.5 Å². The Morgan fingerprint density at radius 3 is 2.64 bits per heavy atom. The Hall–Kier alpha value is -1.34. The summed E-state index contributed by atoms with van der Waals surface area (Å²) in [6.45, 7) is 3.10. The summed E-state index contributed by atoms with van der Waals surface area (Å²) >= 11 is 12.1. The third kappa shape index (κ3) is 4.84. The van der Waals surface area contributed by atoms with Gasteiger partial charge in [0.05, 0.1) is 43.1 Å². The van der Waals surface area contributed by atoms with Crippen LogP contribution in [0.3, 0.4) is 0 Å². The maximum Gasteiger partial charge on any atom is 0.254 e. The number of nitrogens with one attached hydrogen (secondary N) is 1. The summed E-state index contributed by atoms with van der Waals surface area (Å²) in [6, 6.07) is 3.31. The summed E-state index contributed by atoms with van der Waals surface area (Å²) in [4.78, 5) is 13.8. The van der Waals surface area contributed by atoms with E-state index >= 15 is 0 Å². The van der Waals surface area contributed by atoms with Crippen LogP contribution in [0.4, 0.5) is 0 Å². The van der Waals surface area contributed by atoms with Gasteiger partial charge in [-0.05, 0) is 17.7 Å². The molecule has 22 heavy (non-hydrogen) atoms. The van der Waals surface area contributed by atoms with Crippen molar-refractivity contribution in [2.75, 3.05) is 40.0 Å². The van der Waals surface area contributed by atoms with Crippen LogP contribution in [-0.4, -0.2) is 57.0 Å². The number of benzene rings is 1. The summed E-state index contributed by atoms with van der Waals surface area (Å²) < 4.78 is 10.3. The number of hydrogen-bond acceptors (Lipinski definition) is 5. The minimum Gasteiger partial charge on any atom is -0.494 e. The monoisotopic (exact) mass is 345 g/mol. The highest BCUT2D eigenvalue weighted by Gasteiger charge is 2.13. The molecule has 0 spiro atoms. The van der Waals surface area contributed by atoms with Crippen molar-refractivity contribution in [2.45, 2.75) is 0 Å². The highest BCUT2D eigenvalue weighted by Crippen LogP contribution is 2.33. The van der Waals surface area contributed by atoms with E-state index in [1.54, 1.807) is 12.1 Å². The van der Waals surface area contributed by atoms with Crippen molar-refractivity contribution in [1.82, 2.24) is 10.3 Å². The number of morpholine rings is 1. The fraction of sp³-hybridized carbons (Fsp3) is 0.429. The average Bonchev–Trinajstić information content (AvgIpc) is 2.48. The fourth-order valence-electron chi connectivity index (χ4n) is 2.03. The maximum atomic E-state index is 11.8. The number of hydrogen-bond donors (Lipinski definition) is 1. The molecule has 1 aliphatic rings. The van der Waals surface area contributed by atoms with Gasteiger partial charge in [0.1, 0.15) is 0 Å². The Bertz CT molecular complexity index is 537. The van der Waals surface area contributed by atoms with Gasteiger partial charge in [0.2, 0.25) is 0 Å². The molecule has 1 amide bonds. The van der Waals surface area contributed by atoms with Crippen molar-refractivity contribution >= 4 is 35.3 Å². The van der Waals surface area contributed by atoms with Crippen LogP contribution in [0.1, 0.15) is 5.56 Å². The molecular weight excluding hydrogens is 329 g/mol. The number of carbonyl (C=O) groups is 1. The third-order valence-corrected chi connectivity index (χ3v) is 3.66. The first-order valence-electron chi connectivity index (χ1n) is 6.75. The van der Waals surface area contributed by atoms with E-state index in [1.165, 1.54) is 13.3 Å². The van der Waals surface area contributed by atoms with E-state index in [1.807, 2.05) is 4.90 Å². The molecule has 0 bridgehead atoms. The van der Waals surface area contributed by atoms with Gasteiger partial charge in [-0.25, -0.2) is 5.43 Å². The lowest BCUT2D eigenvalue weighted by Gasteiger charge is -2.25. The van der Waals surface area contributed by atoms with Gasteiger partial charge < -0.3 is 9.47 Å². The summed E-state index contributed by atoms with van der Waals surface area (Å²) in [7, 11) is 1.49. The normalized spacial score (nSPS) is 16.0. The molecule has 1 aliphatic heterocycles. The Kier molecular flexibility index (Phi) is 6.45. The van der Waals surface area contributed by atoms with E-state index in [0.717, 1.165) is 13.1 Å². The molecule has 1 fully saturated rings. The number of amides is 1. The van der Waals surface area contributed by atoms with Gasteiger partial charge in [0, 0.05) is 13.1 Å². The van der Waals surface area contributed by atoms with E-state index in [-0.39, 0.29) is 5.91 Å². The van der Waals surface area contributed by atoms with Gasteiger partial charge in [0.25, 0.3) is 5.91 Å². The number of methoxy groups -OCH3 is 1. The highest BCUT2D eigenvalue weighted by molar-refractivity contribution is 6.37. The van der Waals surface area contributed by atoms with Crippen LogP contribution in [0.25, 0.3) is 0 Å². The molecule has 1 aromatic carbocycles. The number of nitrogens with zero attached hydrogens (tertiary/aromatic N) is 2. The molecule has 2 rings (SSSR count). The van der Waals surface area contributed by atoms with Crippen molar-refractivity contribution in [3.63, 3.8) is 0 Å². The van der Waals surface area contributed by atoms with Crippen LogP contribution in [0.15, 0.2) is 17.2 Å². The van der Waals surface area contributed by atoms with Crippen molar-refractivity contribution in [1.29, 1.82) is 0 Å². The summed E-state index contributed by atoms with van der Waals surface area (Å²) in [6.07, 6.45) is 1.48. The smallest absolute Gasteiger partial charge is 0.254 e. The minimum absolute atomic E-state index is 0.177. The average molecular weight is 346 g/mol. The third-order valence-electron chi connectivity index (χ3n) is 3.10. The van der Waals surface area contributed by atoms with Crippen LogP contribution in [-0.2, 0) is 9.53 Å². The first kappa shape index (κ1) is 17.0. The lowest BCUT2D eigenvalue weighted by molar-refractivity contribution is -0.123. The lowest BCUT2D eigenvalue weighted by Crippen LogP contribution is -2.42. The lowest BCUT2D eigenvalue weighted by atomic mass is 10.2. The number of halogens is 2. The van der Waals surface area contributed by atoms with Gasteiger partial charge in [0.15, 0.2) is 5.75 Å². The number of carbonyl (C=O) groups excluding carboxylic acids is 1. The second kappa shape index (κ2) is 8.33. The zero-order valence-electron chi connectivity index (χ0n) is 12.1. The number of rotatable bonds is 5. The van der Waals surface area contributed by atoms with Crippen LogP contribution in [0.2, 0.25) is 10.0 Å². The van der Waals surface area contributed by atoms with Crippen molar-refractivity contribution in [3.8, 4) is 5.75 Å². The molecule has 0 aliphatic carbocycles. The summed E-state index contributed by atoms with van der Waals surface area (Å²) in [5.41, 5.74) is 3.15. The maximum absolute atomic E-state index is 11.8. The van der Waals surface area contributed by atoms with E-state index in [9.17, 15) is 4.79 Å². The van der Waals surface area contributed by atoms with Crippen LogP contribution >= 0.6 is 23.2 Å². The zero-order valence-corrected chi connectivity index (χ0v) is 13.7. The molecule has 0 saturated carbocycles. The second-order valence-electron chi connectivity index (χ2n) is 4.70. The fourth-order valence-corrected chi connectivity index (χ4v) is 2.68. The topological polar surface area (TPSA) is 63.2 Å². The molecule has 1 N–H and O–H groups in total. The molecule has 0 atom stereocenters. The molecule has 120 valence electrons. The largest absolute Gasteiger partial charge is 0.494 e.